The van der Waals surface area contributed by atoms with Gasteiger partial charge in [-0.1, -0.05) is 6.92 Å². The molecule has 2 fully saturated rings. The van der Waals surface area contributed by atoms with Crippen molar-refractivity contribution in [2.45, 2.75) is 57.7 Å². The molecule has 1 heterocycles. The average molecular weight is 226 g/mol. The summed E-state index contributed by atoms with van der Waals surface area (Å²) in [5, 5.41) is 3.56. The number of nitrogens with zero attached hydrogens (tertiary/aromatic N) is 1. The Hall–Kier alpha value is -0.120. The highest BCUT2D eigenvalue weighted by Crippen LogP contribution is 2.30. The topological polar surface area (TPSA) is 24.5 Å². The lowest BCUT2D eigenvalue weighted by molar-refractivity contribution is -0.0519. The molecule has 2 rings (SSSR count). The van der Waals surface area contributed by atoms with E-state index in [0.717, 1.165) is 25.2 Å². The SMILES string of the molecule is CCNC1CCN(C2CC(OCC)C2)CC1. The van der Waals surface area contributed by atoms with Crippen LogP contribution >= 0.6 is 0 Å². The lowest BCUT2D eigenvalue weighted by atomic mass is 9.86. The quantitative estimate of drug-likeness (QED) is 0.771. The largest absolute Gasteiger partial charge is 0.378 e. The monoisotopic (exact) mass is 226 g/mol. The van der Waals surface area contributed by atoms with Crippen LogP contribution in [0.4, 0.5) is 0 Å². The minimum Gasteiger partial charge on any atom is -0.378 e. The van der Waals surface area contributed by atoms with Crippen LogP contribution in [0.2, 0.25) is 0 Å². The number of nitrogens with one attached hydrogen (secondary N) is 1. The second-order valence-corrected chi connectivity index (χ2v) is 5.07. The van der Waals surface area contributed by atoms with Crippen molar-refractivity contribution in [1.82, 2.24) is 10.2 Å². The van der Waals surface area contributed by atoms with E-state index in [4.69, 9.17) is 4.74 Å². The summed E-state index contributed by atoms with van der Waals surface area (Å²) in [5.41, 5.74) is 0. The van der Waals surface area contributed by atoms with E-state index in [1.165, 1.54) is 38.8 Å². The van der Waals surface area contributed by atoms with E-state index < -0.39 is 0 Å². The van der Waals surface area contributed by atoms with E-state index >= 15 is 0 Å². The van der Waals surface area contributed by atoms with Gasteiger partial charge < -0.3 is 15.0 Å². The van der Waals surface area contributed by atoms with Crippen LogP contribution in [0.3, 0.4) is 0 Å². The van der Waals surface area contributed by atoms with E-state index in [2.05, 4.69) is 24.1 Å². The maximum Gasteiger partial charge on any atom is 0.0604 e. The molecule has 3 heteroatoms. The normalized spacial score (nSPS) is 32.6. The third kappa shape index (κ3) is 2.96. The zero-order valence-electron chi connectivity index (χ0n) is 10.7. The molecule has 0 aromatic rings. The molecule has 2 aliphatic rings. The predicted molar refractivity (Wildman–Crippen MR) is 66.7 cm³/mol. The molecule has 0 spiro atoms. The minimum atomic E-state index is 0.557. The Morgan fingerprint density at radius 3 is 2.44 bits per heavy atom. The summed E-state index contributed by atoms with van der Waals surface area (Å²) in [6.07, 6.45) is 5.73. The second-order valence-electron chi connectivity index (χ2n) is 5.07. The van der Waals surface area contributed by atoms with Crippen LogP contribution in [0.25, 0.3) is 0 Å². The van der Waals surface area contributed by atoms with E-state index in [-0.39, 0.29) is 0 Å². The standard InChI is InChI=1S/C13H26N2O/c1-3-14-11-5-7-15(8-6-11)12-9-13(10-12)16-4-2/h11-14H,3-10H2,1-2H3. The molecule has 1 saturated heterocycles. The Morgan fingerprint density at radius 1 is 1.19 bits per heavy atom. The van der Waals surface area contributed by atoms with Gasteiger partial charge in [0.05, 0.1) is 6.10 Å². The van der Waals surface area contributed by atoms with Gasteiger partial charge in [0.2, 0.25) is 0 Å². The van der Waals surface area contributed by atoms with E-state index in [9.17, 15) is 0 Å². The third-order valence-corrected chi connectivity index (χ3v) is 4.01. The van der Waals surface area contributed by atoms with Gasteiger partial charge in [-0.05, 0) is 52.2 Å². The summed E-state index contributed by atoms with van der Waals surface area (Å²) >= 11 is 0. The van der Waals surface area contributed by atoms with Crippen LogP contribution in [0.1, 0.15) is 39.5 Å². The van der Waals surface area contributed by atoms with Crippen LogP contribution in [0.5, 0.6) is 0 Å². The van der Waals surface area contributed by atoms with Gasteiger partial charge in [-0.25, -0.2) is 0 Å². The molecule has 0 aromatic carbocycles. The molecule has 0 aromatic heterocycles. The first-order chi connectivity index (χ1) is 7.83. The van der Waals surface area contributed by atoms with Crippen molar-refractivity contribution in [3.05, 3.63) is 0 Å². The van der Waals surface area contributed by atoms with Crippen LogP contribution in [-0.4, -0.2) is 49.3 Å². The van der Waals surface area contributed by atoms with Crippen molar-refractivity contribution in [2.24, 2.45) is 0 Å². The number of likely N-dealkylation sites (tertiary alicyclic amines) is 1. The Labute approximate surface area is 99.5 Å². The lowest BCUT2D eigenvalue weighted by Crippen LogP contribution is -2.53. The fraction of sp³-hybridized carbons (Fsp3) is 1.00. The van der Waals surface area contributed by atoms with E-state index in [0.29, 0.717) is 6.10 Å². The summed E-state index contributed by atoms with van der Waals surface area (Å²) in [6.45, 7) is 8.84. The Morgan fingerprint density at radius 2 is 1.88 bits per heavy atom. The molecule has 0 unspecified atom stereocenters. The second kappa shape index (κ2) is 5.99. The zero-order chi connectivity index (χ0) is 11.4. The van der Waals surface area contributed by atoms with Gasteiger partial charge in [0, 0.05) is 18.7 Å². The molecule has 3 nitrogen and oxygen atoms in total. The average Bonchev–Trinajstić information content (AvgIpc) is 2.25. The summed E-state index contributed by atoms with van der Waals surface area (Å²) in [6, 6.07) is 1.59. The number of hydrogen-bond donors (Lipinski definition) is 1. The van der Waals surface area contributed by atoms with Gasteiger partial charge in [0.25, 0.3) is 0 Å². The lowest BCUT2D eigenvalue weighted by Gasteiger charge is -2.45. The fourth-order valence-corrected chi connectivity index (χ4v) is 2.97. The van der Waals surface area contributed by atoms with Gasteiger partial charge in [-0.3, -0.25) is 0 Å². The van der Waals surface area contributed by atoms with Crippen LogP contribution < -0.4 is 5.32 Å². The molecule has 0 amide bonds. The highest BCUT2D eigenvalue weighted by atomic mass is 16.5. The smallest absolute Gasteiger partial charge is 0.0604 e. The predicted octanol–water partition coefficient (Wildman–Crippen LogP) is 1.63. The van der Waals surface area contributed by atoms with Gasteiger partial charge >= 0.3 is 0 Å². The van der Waals surface area contributed by atoms with Crippen LogP contribution in [0.15, 0.2) is 0 Å². The van der Waals surface area contributed by atoms with Crippen molar-refractivity contribution >= 4 is 0 Å². The summed E-state index contributed by atoms with van der Waals surface area (Å²) in [4.78, 5) is 2.67. The summed E-state index contributed by atoms with van der Waals surface area (Å²) in [7, 11) is 0. The molecule has 1 N–H and O–H groups in total. The van der Waals surface area contributed by atoms with E-state index in [1.54, 1.807) is 0 Å². The van der Waals surface area contributed by atoms with Gasteiger partial charge in [0.1, 0.15) is 0 Å². The van der Waals surface area contributed by atoms with E-state index in [1.807, 2.05) is 0 Å². The van der Waals surface area contributed by atoms with Gasteiger partial charge in [-0.2, -0.15) is 0 Å². The maximum atomic E-state index is 5.62. The molecular formula is C13H26N2O. The third-order valence-electron chi connectivity index (χ3n) is 4.01. The molecule has 0 radical (unpaired) electrons. The summed E-state index contributed by atoms with van der Waals surface area (Å²) < 4.78 is 5.62. The Balaban J connectivity index is 1.63. The van der Waals surface area contributed by atoms with Gasteiger partial charge in [-0.15, -0.1) is 0 Å². The summed E-state index contributed by atoms with van der Waals surface area (Å²) in [5.74, 6) is 0. The molecule has 1 saturated carbocycles. The fourth-order valence-electron chi connectivity index (χ4n) is 2.97. The first-order valence-electron chi connectivity index (χ1n) is 6.92. The van der Waals surface area contributed by atoms with Crippen LogP contribution in [0, 0.1) is 0 Å². The number of hydrogen-bond acceptors (Lipinski definition) is 3. The number of piperidine rings is 1. The van der Waals surface area contributed by atoms with Crippen molar-refractivity contribution in [1.29, 1.82) is 0 Å². The maximum absolute atomic E-state index is 5.62. The number of ether oxygens (including phenoxy) is 1. The molecule has 1 aliphatic carbocycles. The Kier molecular flexibility index (Phi) is 4.62. The van der Waals surface area contributed by atoms with Crippen molar-refractivity contribution in [3.8, 4) is 0 Å². The van der Waals surface area contributed by atoms with Crippen LogP contribution in [-0.2, 0) is 4.74 Å². The van der Waals surface area contributed by atoms with Gasteiger partial charge in [0.15, 0.2) is 0 Å². The molecule has 0 bridgehead atoms. The first-order valence-corrected chi connectivity index (χ1v) is 6.92. The van der Waals surface area contributed by atoms with Crippen molar-refractivity contribution in [3.63, 3.8) is 0 Å². The zero-order valence-corrected chi connectivity index (χ0v) is 10.7. The van der Waals surface area contributed by atoms with Crippen molar-refractivity contribution < 1.29 is 4.74 Å². The molecular weight excluding hydrogens is 200 g/mol. The molecule has 16 heavy (non-hydrogen) atoms. The molecule has 1 aliphatic heterocycles. The molecule has 0 atom stereocenters. The highest BCUT2D eigenvalue weighted by molar-refractivity contribution is 4.91. The first kappa shape index (κ1) is 12.3. The molecule has 94 valence electrons. The highest BCUT2D eigenvalue weighted by Gasteiger charge is 2.35. The number of rotatable bonds is 5. The van der Waals surface area contributed by atoms with Crippen molar-refractivity contribution in [2.75, 3.05) is 26.2 Å². The Bertz CT molecular complexity index is 196. The minimum absolute atomic E-state index is 0.557.